The molecule has 0 saturated carbocycles. The van der Waals surface area contributed by atoms with E-state index in [0.29, 0.717) is 13.1 Å². The normalized spacial score (nSPS) is 13.2. The van der Waals surface area contributed by atoms with Crippen LogP contribution in [0.2, 0.25) is 0 Å². The van der Waals surface area contributed by atoms with Gasteiger partial charge in [0.05, 0.1) is 17.0 Å². The van der Waals surface area contributed by atoms with Crippen LogP contribution in [0.4, 0.5) is 0 Å². The first-order chi connectivity index (χ1) is 8.45. The summed E-state index contributed by atoms with van der Waals surface area (Å²) in [6, 6.07) is 0. The number of sulfone groups is 1. The van der Waals surface area contributed by atoms with Crippen LogP contribution in [-0.4, -0.2) is 80.1 Å². The first kappa shape index (κ1) is 18.3. The number of carboxylic acids is 1. The second kappa shape index (κ2) is 7.21. The fourth-order valence-corrected chi connectivity index (χ4v) is 2.47. The number of rotatable bonds is 8. The molecule has 0 rings (SSSR count). The second-order valence-electron chi connectivity index (χ2n) is 5.90. The Morgan fingerprint density at radius 2 is 1.63 bits per heavy atom. The monoisotopic (exact) mass is 294 g/mol. The molecule has 0 spiro atoms. The molecule has 0 radical (unpaired) electrons. The molecule has 0 heterocycles. The topological polar surface area (TPSA) is 77.9 Å². The molecule has 0 fully saturated rings. The van der Waals surface area contributed by atoms with Crippen LogP contribution in [-0.2, 0) is 14.6 Å². The van der Waals surface area contributed by atoms with E-state index in [2.05, 4.69) is 0 Å². The van der Waals surface area contributed by atoms with Crippen molar-refractivity contribution in [2.45, 2.75) is 25.5 Å². The second-order valence-corrected chi connectivity index (χ2v) is 8.77. The lowest BCUT2D eigenvalue weighted by atomic mass is 10.3. The first-order valence-corrected chi connectivity index (χ1v) is 7.92. The van der Waals surface area contributed by atoms with Gasteiger partial charge >= 0.3 is 5.97 Å². The van der Waals surface area contributed by atoms with E-state index < -0.39 is 20.6 Å². The van der Waals surface area contributed by atoms with Crippen LogP contribution in [0.15, 0.2) is 0 Å². The van der Waals surface area contributed by atoms with Crippen LogP contribution in [0.25, 0.3) is 0 Å². The predicted molar refractivity (Wildman–Crippen MR) is 76.2 cm³/mol. The van der Waals surface area contributed by atoms with Crippen LogP contribution in [0.3, 0.4) is 0 Å². The third kappa shape index (κ3) is 7.49. The molecule has 0 bridgehead atoms. The van der Waals surface area contributed by atoms with Gasteiger partial charge in [-0.1, -0.05) is 0 Å². The molecule has 0 aromatic carbocycles. The Morgan fingerprint density at radius 3 is 2.00 bits per heavy atom. The molecule has 0 atom stereocenters. The maximum atomic E-state index is 12.0. The summed E-state index contributed by atoms with van der Waals surface area (Å²) in [4.78, 5) is 14.4. The van der Waals surface area contributed by atoms with Crippen molar-refractivity contribution >= 4 is 15.8 Å². The van der Waals surface area contributed by atoms with Gasteiger partial charge < -0.3 is 10.0 Å². The van der Waals surface area contributed by atoms with Crippen molar-refractivity contribution in [3.05, 3.63) is 0 Å². The SMILES string of the molecule is CN(C)CCN(CCS(=O)(=O)C(C)(C)C)CC(=O)O. The predicted octanol–water partition coefficient (Wildman–Crippen LogP) is 0.148. The highest BCUT2D eigenvalue weighted by Gasteiger charge is 2.29. The van der Waals surface area contributed by atoms with E-state index in [0.717, 1.165) is 0 Å². The summed E-state index contributed by atoms with van der Waals surface area (Å²) in [6.45, 7) is 6.33. The lowest BCUT2D eigenvalue weighted by Crippen LogP contribution is -2.41. The molecule has 0 aliphatic rings. The van der Waals surface area contributed by atoms with Gasteiger partial charge in [-0.3, -0.25) is 9.69 Å². The number of carboxylic acid groups (broad SMARTS) is 1. The Kier molecular flexibility index (Phi) is 6.96. The molecule has 0 aliphatic carbocycles. The first-order valence-electron chi connectivity index (χ1n) is 6.27. The van der Waals surface area contributed by atoms with Crippen molar-refractivity contribution in [3.8, 4) is 0 Å². The molecular formula is C12H26N2O4S. The van der Waals surface area contributed by atoms with Gasteiger partial charge in [0, 0.05) is 19.6 Å². The van der Waals surface area contributed by atoms with Gasteiger partial charge in [-0.15, -0.1) is 0 Å². The Balaban J connectivity index is 4.53. The molecule has 114 valence electrons. The Bertz CT molecular complexity index is 385. The minimum Gasteiger partial charge on any atom is -0.480 e. The molecule has 0 saturated heterocycles. The fraction of sp³-hybridized carbons (Fsp3) is 0.917. The lowest BCUT2D eigenvalue weighted by Gasteiger charge is -2.25. The standard InChI is InChI=1S/C12H26N2O4S/c1-12(2,3)19(17,18)9-8-14(10-11(15)16)7-6-13(4)5/h6-10H2,1-5H3,(H,15,16). The molecule has 0 amide bonds. The Morgan fingerprint density at radius 1 is 1.11 bits per heavy atom. The number of aliphatic carboxylic acids is 1. The summed E-state index contributed by atoms with van der Waals surface area (Å²) in [6.07, 6.45) is 0. The number of hydrogen-bond donors (Lipinski definition) is 1. The zero-order valence-corrected chi connectivity index (χ0v) is 13.3. The maximum absolute atomic E-state index is 12.0. The third-order valence-corrected chi connectivity index (χ3v) is 5.42. The van der Waals surface area contributed by atoms with E-state index in [1.807, 2.05) is 19.0 Å². The lowest BCUT2D eigenvalue weighted by molar-refractivity contribution is -0.138. The van der Waals surface area contributed by atoms with Gasteiger partial charge in [0.25, 0.3) is 0 Å². The molecule has 0 unspecified atom stereocenters. The van der Waals surface area contributed by atoms with Crippen LogP contribution in [0.1, 0.15) is 20.8 Å². The molecule has 0 aliphatic heterocycles. The number of likely N-dealkylation sites (N-methyl/N-ethyl adjacent to an activating group) is 1. The van der Waals surface area contributed by atoms with E-state index in [1.165, 1.54) is 0 Å². The van der Waals surface area contributed by atoms with E-state index in [4.69, 9.17) is 5.11 Å². The Hall–Kier alpha value is -0.660. The van der Waals surface area contributed by atoms with Gasteiger partial charge in [0.1, 0.15) is 0 Å². The minimum atomic E-state index is -3.22. The largest absolute Gasteiger partial charge is 0.480 e. The summed E-state index contributed by atoms with van der Waals surface area (Å²) >= 11 is 0. The summed E-state index contributed by atoms with van der Waals surface area (Å²) < 4.78 is 23.2. The van der Waals surface area contributed by atoms with Crippen molar-refractivity contribution in [1.82, 2.24) is 9.80 Å². The van der Waals surface area contributed by atoms with Gasteiger partial charge in [-0.2, -0.15) is 0 Å². The van der Waals surface area contributed by atoms with E-state index in [-0.39, 0.29) is 18.8 Å². The maximum Gasteiger partial charge on any atom is 0.317 e. The van der Waals surface area contributed by atoms with Crippen LogP contribution in [0.5, 0.6) is 0 Å². The third-order valence-electron chi connectivity index (χ3n) is 2.83. The summed E-state index contributed by atoms with van der Waals surface area (Å²) in [5.41, 5.74) is 0. The van der Waals surface area contributed by atoms with Gasteiger partial charge in [-0.05, 0) is 34.9 Å². The zero-order chi connectivity index (χ0) is 15.3. The van der Waals surface area contributed by atoms with Crippen molar-refractivity contribution in [2.75, 3.05) is 46.0 Å². The molecule has 1 N–H and O–H groups in total. The van der Waals surface area contributed by atoms with Crippen molar-refractivity contribution in [1.29, 1.82) is 0 Å². The zero-order valence-electron chi connectivity index (χ0n) is 12.5. The molecule has 0 aromatic rings. The van der Waals surface area contributed by atoms with E-state index >= 15 is 0 Å². The van der Waals surface area contributed by atoms with Gasteiger partial charge in [0.2, 0.25) is 0 Å². The summed E-state index contributed by atoms with van der Waals surface area (Å²) in [7, 11) is 0.572. The molecular weight excluding hydrogens is 268 g/mol. The smallest absolute Gasteiger partial charge is 0.317 e. The molecule has 6 nitrogen and oxygen atoms in total. The average Bonchev–Trinajstić information content (AvgIpc) is 2.19. The average molecular weight is 294 g/mol. The van der Waals surface area contributed by atoms with Crippen molar-refractivity contribution in [2.24, 2.45) is 0 Å². The number of hydrogen-bond acceptors (Lipinski definition) is 5. The van der Waals surface area contributed by atoms with Gasteiger partial charge in [0.15, 0.2) is 9.84 Å². The quantitative estimate of drug-likeness (QED) is 0.686. The van der Waals surface area contributed by atoms with Gasteiger partial charge in [-0.25, -0.2) is 8.42 Å². The number of nitrogens with zero attached hydrogens (tertiary/aromatic N) is 2. The van der Waals surface area contributed by atoms with Crippen molar-refractivity contribution in [3.63, 3.8) is 0 Å². The Labute approximate surface area is 116 Å². The molecule has 19 heavy (non-hydrogen) atoms. The number of carbonyl (C=O) groups is 1. The van der Waals surface area contributed by atoms with E-state index in [9.17, 15) is 13.2 Å². The highest BCUT2D eigenvalue weighted by molar-refractivity contribution is 7.92. The summed E-state index contributed by atoms with van der Waals surface area (Å²) in [5.74, 6) is -0.955. The molecule has 7 heteroatoms. The highest BCUT2D eigenvalue weighted by atomic mass is 32.2. The highest BCUT2D eigenvalue weighted by Crippen LogP contribution is 2.15. The van der Waals surface area contributed by atoms with Crippen LogP contribution < -0.4 is 0 Å². The van der Waals surface area contributed by atoms with E-state index in [1.54, 1.807) is 25.7 Å². The summed E-state index contributed by atoms with van der Waals surface area (Å²) in [5, 5.41) is 8.83. The molecule has 0 aromatic heterocycles. The van der Waals surface area contributed by atoms with Crippen LogP contribution >= 0.6 is 0 Å². The fourth-order valence-electron chi connectivity index (χ4n) is 1.36. The van der Waals surface area contributed by atoms with Crippen LogP contribution in [0, 0.1) is 0 Å². The van der Waals surface area contributed by atoms with Crippen molar-refractivity contribution < 1.29 is 18.3 Å². The minimum absolute atomic E-state index is 0.0167.